The number of nitrogens with one attached hydrogen (secondary N) is 2. The van der Waals surface area contributed by atoms with Crippen LogP contribution in [0, 0.1) is 17.4 Å². The standard InChI is InChI=1S/C14H17IN4/c1-4-16-13-9(2)14(18-10(3)17-13)19-12-8-6-5-7-11(12)15/h5-8H,4H2,1-3H3,(H2,16,17,18,19). The zero-order valence-electron chi connectivity index (χ0n) is 11.3. The van der Waals surface area contributed by atoms with Crippen molar-refractivity contribution in [2.45, 2.75) is 20.8 Å². The highest BCUT2D eigenvalue weighted by atomic mass is 127. The Labute approximate surface area is 127 Å². The highest BCUT2D eigenvalue weighted by molar-refractivity contribution is 14.1. The smallest absolute Gasteiger partial charge is 0.139 e. The van der Waals surface area contributed by atoms with Gasteiger partial charge in [0.05, 0.1) is 5.69 Å². The fraction of sp³-hybridized carbons (Fsp3) is 0.286. The normalized spacial score (nSPS) is 10.3. The molecule has 5 heteroatoms. The number of rotatable bonds is 4. The van der Waals surface area contributed by atoms with E-state index in [2.05, 4.69) is 56.2 Å². The third-order valence-corrected chi connectivity index (χ3v) is 3.67. The molecule has 0 aliphatic rings. The van der Waals surface area contributed by atoms with Crippen molar-refractivity contribution in [2.75, 3.05) is 17.2 Å². The molecule has 0 saturated heterocycles. The second-order valence-corrected chi connectivity index (χ2v) is 5.39. The summed E-state index contributed by atoms with van der Waals surface area (Å²) in [6, 6.07) is 8.15. The molecule has 19 heavy (non-hydrogen) atoms. The minimum atomic E-state index is 0.759. The van der Waals surface area contributed by atoms with Gasteiger partial charge in [-0.1, -0.05) is 12.1 Å². The molecule has 0 radical (unpaired) electrons. The minimum Gasteiger partial charge on any atom is -0.370 e. The van der Waals surface area contributed by atoms with E-state index in [9.17, 15) is 0 Å². The number of para-hydroxylation sites is 1. The van der Waals surface area contributed by atoms with Crippen molar-refractivity contribution in [3.05, 3.63) is 39.2 Å². The maximum Gasteiger partial charge on any atom is 0.139 e. The Morgan fingerprint density at radius 2 is 1.79 bits per heavy atom. The largest absolute Gasteiger partial charge is 0.370 e. The molecule has 1 aromatic heterocycles. The Morgan fingerprint density at radius 1 is 1.11 bits per heavy atom. The molecular formula is C14H17IN4. The van der Waals surface area contributed by atoms with Gasteiger partial charge >= 0.3 is 0 Å². The number of aryl methyl sites for hydroxylation is 1. The molecule has 1 aromatic carbocycles. The first-order chi connectivity index (χ1) is 9.11. The van der Waals surface area contributed by atoms with E-state index in [1.54, 1.807) is 0 Å². The first kappa shape index (κ1) is 14.0. The van der Waals surface area contributed by atoms with Crippen LogP contribution in [0.15, 0.2) is 24.3 Å². The van der Waals surface area contributed by atoms with Crippen molar-refractivity contribution in [2.24, 2.45) is 0 Å². The number of nitrogens with zero attached hydrogens (tertiary/aromatic N) is 2. The van der Waals surface area contributed by atoms with E-state index >= 15 is 0 Å². The summed E-state index contributed by atoms with van der Waals surface area (Å²) in [4.78, 5) is 8.91. The summed E-state index contributed by atoms with van der Waals surface area (Å²) in [5, 5.41) is 6.65. The van der Waals surface area contributed by atoms with Crippen molar-refractivity contribution in [3.8, 4) is 0 Å². The molecule has 0 amide bonds. The van der Waals surface area contributed by atoms with Gasteiger partial charge in [-0.3, -0.25) is 0 Å². The molecule has 0 saturated carbocycles. The van der Waals surface area contributed by atoms with Gasteiger partial charge in [0, 0.05) is 15.7 Å². The van der Waals surface area contributed by atoms with E-state index in [1.165, 1.54) is 3.57 Å². The Morgan fingerprint density at radius 3 is 2.47 bits per heavy atom. The van der Waals surface area contributed by atoms with E-state index in [1.807, 2.05) is 32.0 Å². The maximum absolute atomic E-state index is 4.49. The van der Waals surface area contributed by atoms with Crippen LogP contribution in [0.3, 0.4) is 0 Å². The van der Waals surface area contributed by atoms with Gasteiger partial charge < -0.3 is 10.6 Å². The SMILES string of the molecule is CCNc1nc(C)nc(Nc2ccccc2I)c1C. The zero-order chi connectivity index (χ0) is 13.8. The van der Waals surface area contributed by atoms with Gasteiger partial charge in [0.25, 0.3) is 0 Å². The third-order valence-electron chi connectivity index (χ3n) is 2.73. The Hall–Kier alpha value is -1.37. The fourth-order valence-electron chi connectivity index (χ4n) is 1.78. The van der Waals surface area contributed by atoms with Crippen molar-refractivity contribution in [3.63, 3.8) is 0 Å². The summed E-state index contributed by atoms with van der Waals surface area (Å²) in [6.45, 7) is 6.83. The molecule has 100 valence electrons. The molecule has 0 bridgehead atoms. The van der Waals surface area contributed by atoms with E-state index in [-0.39, 0.29) is 0 Å². The van der Waals surface area contributed by atoms with Crippen LogP contribution in [0.25, 0.3) is 0 Å². The Bertz CT molecular complexity index is 584. The molecule has 2 N–H and O–H groups in total. The van der Waals surface area contributed by atoms with Crippen molar-refractivity contribution < 1.29 is 0 Å². The number of hydrogen-bond donors (Lipinski definition) is 2. The topological polar surface area (TPSA) is 49.8 Å². The highest BCUT2D eigenvalue weighted by Gasteiger charge is 2.09. The molecule has 2 rings (SSSR count). The van der Waals surface area contributed by atoms with Crippen LogP contribution in [0.2, 0.25) is 0 Å². The first-order valence-corrected chi connectivity index (χ1v) is 7.30. The quantitative estimate of drug-likeness (QED) is 0.805. The summed E-state index contributed by atoms with van der Waals surface area (Å²) in [7, 11) is 0. The van der Waals surface area contributed by atoms with E-state index in [0.717, 1.165) is 35.3 Å². The number of aromatic nitrogens is 2. The number of hydrogen-bond acceptors (Lipinski definition) is 4. The second kappa shape index (κ2) is 6.18. The number of halogens is 1. The Kier molecular flexibility index (Phi) is 4.57. The van der Waals surface area contributed by atoms with E-state index < -0.39 is 0 Å². The summed E-state index contributed by atoms with van der Waals surface area (Å²) in [6.07, 6.45) is 0. The summed E-state index contributed by atoms with van der Waals surface area (Å²) in [5.74, 6) is 2.51. The van der Waals surface area contributed by atoms with Gasteiger partial charge in [0.2, 0.25) is 0 Å². The number of anilines is 3. The molecule has 0 aliphatic heterocycles. The fourth-order valence-corrected chi connectivity index (χ4v) is 2.30. The van der Waals surface area contributed by atoms with E-state index in [4.69, 9.17) is 0 Å². The average molecular weight is 368 g/mol. The first-order valence-electron chi connectivity index (χ1n) is 6.22. The van der Waals surface area contributed by atoms with Gasteiger partial charge in [0.1, 0.15) is 17.5 Å². The summed E-state index contributed by atoms with van der Waals surface area (Å²) >= 11 is 2.31. The lowest BCUT2D eigenvalue weighted by atomic mass is 10.2. The molecule has 4 nitrogen and oxygen atoms in total. The molecule has 0 atom stereocenters. The van der Waals surface area contributed by atoms with Crippen LogP contribution >= 0.6 is 22.6 Å². The zero-order valence-corrected chi connectivity index (χ0v) is 13.4. The summed E-state index contributed by atoms with van der Waals surface area (Å²) < 4.78 is 1.17. The monoisotopic (exact) mass is 368 g/mol. The lowest BCUT2D eigenvalue weighted by Gasteiger charge is -2.14. The molecular weight excluding hydrogens is 351 g/mol. The van der Waals surface area contributed by atoms with Gasteiger partial charge in [-0.15, -0.1) is 0 Å². The van der Waals surface area contributed by atoms with Crippen LogP contribution in [-0.2, 0) is 0 Å². The predicted molar refractivity (Wildman–Crippen MR) is 88.1 cm³/mol. The van der Waals surface area contributed by atoms with Crippen LogP contribution in [0.5, 0.6) is 0 Å². The van der Waals surface area contributed by atoms with Crippen LogP contribution in [-0.4, -0.2) is 16.5 Å². The lowest BCUT2D eigenvalue weighted by molar-refractivity contribution is 1.02. The van der Waals surface area contributed by atoms with Gasteiger partial charge in [-0.25, -0.2) is 9.97 Å². The predicted octanol–water partition coefficient (Wildman–Crippen LogP) is 3.87. The van der Waals surface area contributed by atoms with E-state index in [0.29, 0.717) is 0 Å². The third kappa shape index (κ3) is 3.34. The maximum atomic E-state index is 4.49. The second-order valence-electron chi connectivity index (χ2n) is 4.23. The minimum absolute atomic E-state index is 0.759. The van der Waals surface area contributed by atoms with Crippen molar-refractivity contribution >= 4 is 39.9 Å². The van der Waals surface area contributed by atoms with Crippen LogP contribution < -0.4 is 10.6 Å². The molecule has 0 spiro atoms. The van der Waals surface area contributed by atoms with Gasteiger partial charge in [0.15, 0.2) is 0 Å². The van der Waals surface area contributed by atoms with Crippen LogP contribution in [0.1, 0.15) is 18.3 Å². The molecule has 2 aromatic rings. The van der Waals surface area contributed by atoms with Crippen molar-refractivity contribution in [1.29, 1.82) is 0 Å². The number of benzene rings is 1. The molecule has 0 unspecified atom stereocenters. The lowest BCUT2D eigenvalue weighted by Crippen LogP contribution is -2.08. The molecule has 0 aliphatic carbocycles. The molecule has 1 heterocycles. The van der Waals surface area contributed by atoms with Gasteiger partial charge in [-0.2, -0.15) is 0 Å². The van der Waals surface area contributed by atoms with Gasteiger partial charge in [-0.05, 0) is 55.5 Å². The summed E-state index contributed by atoms with van der Waals surface area (Å²) in [5.41, 5.74) is 2.10. The van der Waals surface area contributed by atoms with Crippen molar-refractivity contribution in [1.82, 2.24) is 9.97 Å². The molecule has 0 fully saturated rings. The highest BCUT2D eigenvalue weighted by Crippen LogP contribution is 2.26. The average Bonchev–Trinajstić information content (AvgIpc) is 2.38. The Balaban J connectivity index is 2.37. The van der Waals surface area contributed by atoms with Crippen LogP contribution in [0.4, 0.5) is 17.3 Å².